The second-order valence-electron chi connectivity index (χ2n) is 6.65. The Morgan fingerprint density at radius 2 is 1.50 bits per heavy atom. The molecule has 1 unspecified atom stereocenters. The van der Waals surface area contributed by atoms with Crippen molar-refractivity contribution >= 4 is 17.8 Å². The van der Waals surface area contributed by atoms with Crippen LogP contribution in [0.4, 0.5) is 4.79 Å². The van der Waals surface area contributed by atoms with Gasteiger partial charge < -0.3 is 0 Å². The number of carbonyl (C=O) groups is 3. The van der Waals surface area contributed by atoms with E-state index in [1.54, 1.807) is 31.2 Å². The zero-order chi connectivity index (χ0) is 18.9. The van der Waals surface area contributed by atoms with E-state index >= 15 is 0 Å². The first-order valence-electron chi connectivity index (χ1n) is 8.67. The molecule has 2 aromatic carbocycles. The van der Waals surface area contributed by atoms with Crippen LogP contribution < -0.4 is 0 Å². The second kappa shape index (κ2) is 6.75. The van der Waals surface area contributed by atoms with E-state index in [9.17, 15) is 14.4 Å². The van der Waals surface area contributed by atoms with Crippen LogP contribution in [-0.4, -0.2) is 34.7 Å². The number of nitrogens with zero attached hydrogens (tertiary/aromatic N) is 2. The van der Waals surface area contributed by atoms with Gasteiger partial charge in [-0.1, -0.05) is 67.1 Å². The molecule has 5 nitrogen and oxygen atoms in total. The number of imide groups is 2. The summed E-state index contributed by atoms with van der Waals surface area (Å²) in [7, 11) is 1.44. The molecule has 1 aliphatic rings. The summed E-state index contributed by atoms with van der Waals surface area (Å²) in [4.78, 5) is 41.3. The van der Waals surface area contributed by atoms with Crippen LogP contribution in [0.2, 0.25) is 0 Å². The van der Waals surface area contributed by atoms with E-state index in [0.29, 0.717) is 5.56 Å². The number of hydrogen-bond donors (Lipinski definition) is 0. The molecule has 134 valence electrons. The lowest BCUT2D eigenvalue weighted by Gasteiger charge is -2.42. The van der Waals surface area contributed by atoms with Crippen LogP contribution in [0, 0.1) is 6.92 Å². The molecule has 0 bridgehead atoms. The smallest absolute Gasteiger partial charge is 0.273 e. The van der Waals surface area contributed by atoms with Crippen LogP contribution in [0.3, 0.4) is 0 Å². The summed E-state index contributed by atoms with van der Waals surface area (Å²) in [5.41, 5.74) is 1.20. The molecule has 1 aliphatic heterocycles. The van der Waals surface area contributed by atoms with Gasteiger partial charge >= 0.3 is 6.03 Å². The molecule has 1 atom stereocenters. The SMILES string of the molecule is CCC1(c2ccccc2)C(=O)N(C)C(=O)N(Cc2ccc(C)cc2)C1=O. The minimum absolute atomic E-state index is 0.143. The van der Waals surface area contributed by atoms with E-state index < -0.39 is 23.3 Å². The van der Waals surface area contributed by atoms with Gasteiger partial charge in [-0.15, -0.1) is 0 Å². The van der Waals surface area contributed by atoms with Crippen molar-refractivity contribution in [3.05, 3.63) is 71.3 Å². The molecule has 4 amide bonds. The summed E-state index contributed by atoms with van der Waals surface area (Å²) in [5, 5.41) is 0. The standard InChI is InChI=1S/C21H22N2O3/c1-4-21(17-8-6-5-7-9-17)18(24)22(3)20(26)23(19(21)25)14-16-12-10-15(2)11-13-16/h5-13H,4,14H2,1-3H3. The summed E-state index contributed by atoms with van der Waals surface area (Å²) in [6.45, 7) is 3.92. The second-order valence-corrected chi connectivity index (χ2v) is 6.65. The minimum Gasteiger partial charge on any atom is -0.273 e. The normalized spacial score (nSPS) is 20.7. The maximum absolute atomic E-state index is 13.4. The number of benzene rings is 2. The van der Waals surface area contributed by atoms with E-state index in [2.05, 4.69) is 0 Å². The van der Waals surface area contributed by atoms with Crippen LogP contribution in [0.1, 0.15) is 30.0 Å². The first kappa shape index (κ1) is 17.9. The molecule has 1 heterocycles. The molecule has 1 saturated heterocycles. The van der Waals surface area contributed by atoms with Gasteiger partial charge in [0, 0.05) is 7.05 Å². The molecule has 0 radical (unpaired) electrons. The first-order valence-corrected chi connectivity index (χ1v) is 8.67. The molecule has 2 aromatic rings. The maximum Gasteiger partial charge on any atom is 0.333 e. The van der Waals surface area contributed by atoms with Crippen LogP contribution >= 0.6 is 0 Å². The van der Waals surface area contributed by atoms with Crippen LogP contribution in [-0.2, 0) is 21.5 Å². The molecule has 1 fully saturated rings. The van der Waals surface area contributed by atoms with Crippen LogP contribution in [0.5, 0.6) is 0 Å². The van der Waals surface area contributed by atoms with E-state index in [4.69, 9.17) is 0 Å². The fourth-order valence-electron chi connectivity index (χ4n) is 3.45. The lowest BCUT2D eigenvalue weighted by atomic mass is 9.74. The highest BCUT2D eigenvalue weighted by Crippen LogP contribution is 2.36. The van der Waals surface area contributed by atoms with Gasteiger partial charge in [0.05, 0.1) is 6.54 Å². The average Bonchev–Trinajstić information content (AvgIpc) is 2.67. The Kier molecular flexibility index (Phi) is 4.64. The number of hydrogen-bond acceptors (Lipinski definition) is 3. The van der Waals surface area contributed by atoms with Gasteiger partial charge in [-0.05, 0) is 24.5 Å². The summed E-state index contributed by atoms with van der Waals surface area (Å²) >= 11 is 0. The largest absolute Gasteiger partial charge is 0.333 e. The van der Waals surface area contributed by atoms with Gasteiger partial charge in [0.25, 0.3) is 11.8 Å². The zero-order valence-corrected chi connectivity index (χ0v) is 15.2. The van der Waals surface area contributed by atoms with E-state index in [0.717, 1.165) is 16.0 Å². The summed E-state index contributed by atoms with van der Waals surface area (Å²) in [6, 6.07) is 16.1. The molecule has 0 N–H and O–H groups in total. The number of rotatable bonds is 4. The predicted molar refractivity (Wildman–Crippen MR) is 98.3 cm³/mol. The molecular weight excluding hydrogens is 328 g/mol. The summed E-state index contributed by atoms with van der Waals surface area (Å²) < 4.78 is 0. The molecule has 5 heteroatoms. The molecule has 26 heavy (non-hydrogen) atoms. The van der Waals surface area contributed by atoms with Crippen molar-refractivity contribution in [3.8, 4) is 0 Å². The van der Waals surface area contributed by atoms with Gasteiger partial charge in [-0.25, -0.2) is 4.79 Å². The Hall–Kier alpha value is -2.95. The molecule has 0 spiro atoms. The van der Waals surface area contributed by atoms with Crippen LogP contribution in [0.25, 0.3) is 0 Å². The van der Waals surface area contributed by atoms with Crippen molar-refractivity contribution in [1.82, 2.24) is 9.80 Å². The van der Waals surface area contributed by atoms with Gasteiger partial charge in [-0.2, -0.15) is 0 Å². The lowest BCUT2D eigenvalue weighted by Crippen LogP contribution is -2.65. The highest BCUT2D eigenvalue weighted by molar-refractivity contribution is 6.22. The van der Waals surface area contributed by atoms with Gasteiger partial charge in [-0.3, -0.25) is 19.4 Å². The number of urea groups is 1. The topological polar surface area (TPSA) is 57.7 Å². The van der Waals surface area contributed by atoms with Crippen molar-refractivity contribution in [2.45, 2.75) is 32.2 Å². The number of barbiturate groups is 1. The molecular formula is C21H22N2O3. The van der Waals surface area contributed by atoms with Crippen molar-refractivity contribution in [2.75, 3.05) is 7.05 Å². The highest BCUT2D eigenvalue weighted by Gasteiger charge is 2.56. The fraction of sp³-hybridized carbons (Fsp3) is 0.286. The summed E-state index contributed by atoms with van der Waals surface area (Å²) in [5.74, 6) is -0.929. The van der Waals surface area contributed by atoms with Gasteiger partial charge in [0.15, 0.2) is 5.41 Å². The monoisotopic (exact) mass is 350 g/mol. The molecule has 3 rings (SSSR count). The van der Waals surface area contributed by atoms with E-state index in [-0.39, 0.29) is 13.0 Å². The predicted octanol–water partition coefficient (Wildman–Crippen LogP) is 3.26. The van der Waals surface area contributed by atoms with E-state index in [1.165, 1.54) is 11.9 Å². The number of aryl methyl sites for hydroxylation is 1. The van der Waals surface area contributed by atoms with Gasteiger partial charge in [0.2, 0.25) is 0 Å². The van der Waals surface area contributed by atoms with Crippen molar-refractivity contribution in [2.24, 2.45) is 0 Å². The molecule has 0 aliphatic carbocycles. The third-order valence-corrected chi connectivity index (χ3v) is 5.06. The molecule has 0 saturated carbocycles. The van der Waals surface area contributed by atoms with Crippen molar-refractivity contribution in [3.63, 3.8) is 0 Å². The number of likely N-dealkylation sites (N-methyl/N-ethyl adjacent to an activating group) is 1. The van der Waals surface area contributed by atoms with Gasteiger partial charge in [0.1, 0.15) is 0 Å². The zero-order valence-electron chi connectivity index (χ0n) is 15.2. The van der Waals surface area contributed by atoms with Crippen molar-refractivity contribution in [1.29, 1.82) is 0 Å². The fourth-order valence-corrected chi connectivity index (χ4v) is 3.45. The van der Waals surface area contributed by atoms with E-state index in [1.807, 2.05) is 37.3 Å². The number of carbonyl (C=O) groups excluding carboxylic acids is 3. The Labute approximate surface area is 153 Å². The lowest BCUT2D eigenvalue weighted by molar-refractivity contribution is -0.152. The highest BCUT2D eigenvalue weighted by atomic mass is 16.2. The Morgan fingerprint density at radius 1 is 0.885 bits per heavy atom. The molecule has 0 aromatic heterocycles. The maximum atomic E-state index is 13.4. The minimum atomic E-state index is -1.37. The first-order chi connectivity index (χ1) is 12.4. The Balaban J connectivity index is 2.06. The van der Waals surface area contributed by atoms with Crippen LogP contribution in [0.15, 0.2) is 54.6 Å². The quantitative estimate of drug-likeness (QED) is 0.795. The number of amides is 4. The average molecular weight is 350 g/mol. The summed E-state index contributed by atoms with van der Waals surface area (Å²) in [6.07, 6.45) is 0.288. The Morgan fingerprint density at radius 3 is 2.08 bits per heavy atom. The van der Waals surface area contributed by atoms with Crippen molar-refractivity contribution < 1.29 is 14.4 Å². The third-order valence-electron chi connectivity index (χ3n) is 5.06. The Bertz CT molecular complexity index is 845. The third kappa shape index (κ3) is 2.69.